The predicted octanol–water partition coefficient (Wildman–Crippen LogP) is 5.75. The van der Waals surface area contributed by atoms with Crippen molar-refractivity contribution in [2.24, 2.45) is 0 Å². The Balaban J connectivity index is 1.28. The number of aliphatic hydroxyl groups is 1. The first-order chi connectivity index (χ1) is 14.2. The molecular formula is C24H22ClNO2S. The van der Waals surface area contributed by atoms with E-state index in [0.717, 1.165) is 21.9 Å². The van der Waals surface area contributed by atoms with Crippen molar-refractivity contribution in [3.05, 3.63) is 88.8 Å². The second kappa shape index (κ2) is 9.42. The summed E-state index contributed by atoms with van der Waals surface area (Å²) in [6.07, 6.45) is -0.599. The molecule has 5 heteroatoms. The maximum absolute atomic E-state index is 10.2. The van der Waals surface area contributed by atoms with Crippen molar-refractivity contribution >= 4 is 33.0 Å². The smallest absolute Gasteiger partial charge is 0.119 e. The normalized spacial score (nSPS) is 12.2. The minimum Gasteiger partial charge on any atom is -0.491 e. The number of hydrogen-bond donors (Lipinski definition) is 2. The van der Waals surface area contributed by atoms with Gasteiger partial charge in [0.2, 0.25) is 0 Å². The number of hydrogen-bond acceptors (Lipinski definition) is 4. The third-order valence-electron chi connectivity index (χ3n) is 4.74. The van der Waals surface area contributed by atoms with Crippen molar-refractivity contribution in [2.45, 2.75) is 12.6 Å². The highest BCUT2D eigenvalue weighted by Crippen LogP contribution is 2.34. The Hall–Kier alpha value is -2.37. The highest BCUT2D eigenvalue weighted by molar-refractivity contribution is 7.17. The lowest BCUT2D eigenvalue weighted by Crippen LogP contribution is -2.31. The number of fused-ring (bicyclic) bond motifs is 1. The second-order valence-corrected chi connectivity index (χ2v) is 8.18. The van der Waals surface area contributed by atoms with E-state index in [1.165, 1.54) is 15.6 Å². The summed E-state index contributed by atoms with van der Waals surface area (Å²) < 4.78 is 7.03. The van der Waals surface area contributed by atoms with Crippen LogP contribution in [0.4, 0.5) is 0 Å². The Morgan fingerprint density at radius 2 is 1.72 bits per heavy atom. The van der Waals surface area contributed by atoms with Gasteiger partial charge in [-0.1, -0.05) is 60.1 Å². The van der Waals surface area contributed by atoms with Gasteiger partial charge < -0.3 is 15.2 Å². The van der Waals surface area contributed by atoms with Crippen molar-refractivity contribution in [2.75, 3.05) is 13.2 Å². The maximum Gasteiger partial charge on any atom is 0.119 e. The minimum atomic E-state index is -0.599. The molecule has 3 aromatic carbocycles. The molecule has 0 saturated heterocycles. The van der Waals surface area contributed by atoms with E-state index >= 15 is 0 Å². The van der Waals surface area contributed by atoms with Gasteiger partial charge in [-0.05, 0) is 40.8 Å². The molecule has 1 aromatic heterocycles. The molecule has 0 fully saturated rings. The molecule has 0 unspecified atom stereocenters. The van der Waals surface area contributed by atoms with E-state index in [1.54, 1.807) is 11.3 Å². The number of halogens is 1. The molecule has 148 valence electrons. The Kier molecular flexibility index (Phi) is 6.47. The molecule has 0 radical (unpaired) electrons. The van der Waals surface area contributed by atoms with Gasteiger partial charge in [0.05, 0.1) is 0 Å². The highest BCUT2D eigenvalue weighted by atomic mass is 35.5. The monoisotopic (exact) mass is 423 g/mol. The molecule has 0 aliphatic carbocycles. The molecule has 2 N–H and O–H groups in total. The zero-order valence-corrected chi connectivity index (χ0v) is 17.4. The molecular weight excluding hydrogens is 402 g/mol. The Bertz CT molecular complexity index is 1080. The standard InChI is InChI=1S/C24H22ClNO2S/c25-23-7-3-1-5-18(23)13-26-14-19(27)15-28-20-11-9-17(10-12-20)22-16-29-24-8-4-2-6-21(22)24/h1-12,16,19,26-27H,13-15H2/t19-/m1/s1. The number of benzene rings is 3. The van der Waals surface area contributed by atoms with Gasteiger partial charge in [0.1, 0.15) is 18.5 Å². The van der Waals surface area contributed by atoms with Gasteiger partial charge in [-0.3, -0.25) is 0 Å². The molecule has 0 amide bonds. The average Bonchev–Trinajstić information content (AvgIpc) is 3.18. The van der Waals surface area contributed by atoms with Gasteiger partial charge >= 0.3 is 0 Å². The molecule has 1 heterocycles. The van der Waals surface area contributed by atoms with Gasteiger partial charge in [0, 0.05) is 33.8 Å². The largest absolute Gasteiger partial charge is 0.491 e. The lowest BCUT2D eigenvalue weighted by Gasteiger charge is -2.14. The van der Waals surface area contributed by atoms with Crippen LogP contribution in [0.2, 0.25) is 5.02 Å². The molecule has 1 atom stereocenters. The molecule has 0 spiro atoms. The van der Waals surface area contributed by atoms with E-state index < -0.39 is 6.10 Å². The van der Waals surface area contributed by atoms with E-state index in [0.29, 0.717) is 13.1 Å². The van der Waals surface area contributed by atoms with E-state index in [4.69, 9.17) is 16.3 Å². The summed E-state index contributed by atoms with van der Waals surface area (Å²) in [5.41, 5.74) is 3.41. The van der Waals surface area contributed by atoms with Gasteiger partial charge in [-0.25, -0.2) is 0 Å². The first-order valence-corrected chi connectivity index (χ1v) is 10.8. The molecule has 0 saturated carbocycles. The number of aliphatic hydroxyl groups excluding tert-OH is 1. The summed E-state index contributed by atoms with van der Waals surface area (Å²) >= 11 is 7.89. The Morgan fingerprint density at radius 1 is 0.966 bits per heavy atom. The van der Waals surface area contributed by atoms with E-state index in [9.17, 15) is 5.11 Å². The van der Waals surface area contributed by atoms with Crippen LogP contribution in [0.15, 0.2) is 78.2 Å². The highest BCUT2D eigenvalue weighted by Gasteiger charge is 2.08. The lowest BCUT2D eigenvalue weighted by atomic mass is 10.0. The SMILES string of the molecule is O[C@H](CNCc1ccccc1Cl)COc1ccc(-c2csc3ccccc23)cc1. The van der Waals surface area contributed by atoms with Crippen molar-refractivity contribution in [1.29, 1.82) is 0 Å². The first-order valence-electron chi connectivity index (χ1n) is 9.52. The van der Waals surface area contributed by atoms with Crippen LogP contribution in [0, 0.1) is 0 Å². The fourth-order valence-electron chi connectivity index (χ4n) is 3.20. The number of nitrogens with one attached hydrogen (secondary N) is 1. The van der Waals surface area contributed by atoms with Crippen LogP contribution in [0.3, 0.4) is 0 Å². The zero-order valence-electron chi connectivity index (χ0n) is 15.8. The molecule has 3 nitrogen and oxygen atoms in total. The molecule has 0 aliphatic rings. The summed E-state index contributed by atoms with van der Waals surface area (Å²) in [6.45, 7) is 1.28. The van der Waals surface area contributed by atoms with Gasteiger partial charge in [0.15, 0.2) is 0 Å². The predicted molar refractivity (Wildman–Crippen MR) is 122 cm³/mol. The van der Waals surface area contributed by atoms with Crippen LogP contribution in [0.25, 0.3) is 21.2 Å². The van der Waals surface area contributed by atoms with Crippen LogP contribution in [0.5, 0.6) is 5.75 Å². The van der Waals surface area contributed by atoms with Crippen LogP contribution >= 0.6 is 22.9 Å². The van der Waals surface area contributed by atoms with Crippen LogP contribution in [0.1, 0.15) is 5.56 Å². The van der Waals surface area contributed by atoms with Crippen molar-refractivity contribution in [3.63, 3.8) is 0 Å². The zero-order chi connectivity index (χ0) is 20.1. The van der Waals surface area contributed by atoms with Gasteiger partial charge in [0.25, 0.3) is 0 Å². The van der Waals surface area contributed by atoms with Crippen molar-refractivity contribution in [1.82, 2.24) is 5.32 Å². The molecule has 4 rings (SSSR count). The lowest BCUT2D eigenvalue weighted by molar-refractivity contribution is 0.106. The fraction of sp³-hybridized carbons (Fsp3) is 0.167. The average molecular weight is 424 g/mol. The third-order valence-corrected chi connectivity index (χ3v) is 6.07. The summed E-state index contributed by atoms with van der Waals surface area (Å²) in [5.74, 6) is 0.749. The topological polar surface area (TPSA) is 41.5 Å². The molecule has 0 aliphatic heterocycles. The maximum atomic E-state index is 10.2. The summed E-state index contributed by atoms with van der Waals surface area (Å²) in [4.78, 5) is 0. The van der Waals surface area contributed by atoms with Gasteiger partial charge in [-0.2, -0.15) is 0 Å². The van der Waals surface area contributed by atoms with Crippen molar-refractivity contribution < 1.29 is 9.84 Å². The number of thiophene rings is 1. The summed E-state index contributed by atoms with van der Waals surface area (Å²) in [5, 5.41) is 17.6. The fourth-order valence-corrected chi connectivity index (χ4v) is 4.37. The third kappa shape index (κ3) is 4.98. The van der Waals surface area contributed by atoms with E-state index in [1.807, 2.05) is 36.4 Å². The number of ether oxygens (including phenoxy) is 1. The Morgan fingerprint density at radius 3 is 2.55 bits per heavy atom. The van der Waals surface area contributed by atoms with Crippen LogP contribution < -0.4 is 10.1 Å². The minimum absolute atomic E-state index is 0.232. The second-order valence-electron chi connectivity index (χ2n) is 6.86. The van der Waals surface area contributed by atoms with Crippen LogP contribution in [-0.4, -0.2) is 24.4 Å². The van der Waals surface area contributed by atoms with E-state index in [-0.39, 0.29) is 6.61 Å². The van der Waals surface area contributed by atoms with Crippen LogP contribution in [-0.2, 0) is 6.54 Å². The number of rotatable bonds is 8. The van der Waals surface area contributed by atoms with Gasteiger partial charge in [-0.15, -0.1) is 11.3 Å². The molecule has 0 bridgehead atoms. The Labute approximate surface area is 179 Å². The molecule has 29 heavy (non-hydrogen) atoms. The summed E-state index contributed by atoms with van der Waals surface area (Å²) in [7, 11) is 0. The van der Waals surface area contributed by atoms with E-state index in [2.05, 4.69) is 47.1 Å². The quantitative estimate of drug-likeness (QED) is 0.379. The first kappa shape index (κ1) is 19.9. The molecule has 4 aromatic rings. The van der Waals surface area contributed by atoms with Crippen molar-refractivity contribution in [3.8, 4) is 16.9 Å². The summed E-state index contributed by atoms with van der Waals surface area (Å²) in [6, 6.07) is 24.1.